The van der Waals surface area contributed by atoms with Gasteiger partial charge < -0.3 is 0 Å². The zero-order valence-corrected chi connectivity index (χ0v) is 11.9. The number of aromatic nitrogens is 1. The molecule has 0 bridgehead atoms. The van der Waals surface area contributed by atoms with Gasteiger partial charge in [0.25, 0.3) is 10.1 Å². The van der Waals surface area contributed by atoms with Gasteiger partial charge in [-0.05, 0) is 32.4 Å². The van der Waals surface area contributed by atoms with Gasteiger partial charge in [-0.15, -0.1) is 0 Å². The summed E-state index contributed by atoms with van der Waals surface area (Å²) in [5.74, 6) is 0. The van der Waals surface area contributed by atoms with E-state index in [1.54, 1.807) is 19.9 Å². The Morgan fingerprint density at radius 3 is 2.11 bits per heavy atom. The summed E-state index contributed by atoms with van der Waals surface area (Å²) in [6.45, 7) is 5.31. The number of pyridine rings is 1. The molecule has 4 nitrogen and oxygen atoms in total. The van der Waals surface area contributed by atoms with E-state index < -0.39 is 10.1 Å². The molecule has 0 fully saturated rings. The van der Waals surface area contributed by atoms with Gasteiger partial charge in [-0.2, -0.15) is 13.0 Å². The van der Waals surface area contributed by atoms with Crippen LogP contribution >= 0.6 is 0 Å². The lowest BCUT2D eigenvalue weighted by molar-refractivity contribution is -0.596. The summed E-state index contributed by atoms with van der Waals surface area (Å²) in [5, 5.41) is 0. The SMILES string of the molecule is Cc1cc(C)c(S(=O)(=O)O)c(C)c1-[n+]1ccccc1. The van der Waals surface area contributed by atoms with Crippen LogP contribution < -0.4 is 4.57 Å². The number of hydrogen-bond donors (Lipinski definition) is 1. The Bertz CT molecular complexity index is 722. The molecule has 5 heteroatoms. The summed E-state index contributed by atoms with van der Waals surface area (Å²) in [5.41, 5.74) is 2.84. The van der Waals surface area contributed by atoms with E-state index in [0.29, 0.717) is 11.1 Å². The maximum Gasteiger partial charge on any atom is 0.295 e. The van der Waals surface area contributed by atoms with Gasteiger partial charge in [0.15, 0.2) is 12.4 Å². The van der Waals surface area contributed by atoms with Crippen molar-refractivity contribution in [2.45, 2.75) is 25.7 Å². The molecular formula is C14H16NO3S+. The molecule has 100 valence electrons. The van der Waals surface area contributed by atoms with Gasteiger partial charge in [-0.25, -0.2) is 0 Å². The second-order valence-electron chi connectivity index (χ2n) is 4.57. The highest BCUT2D eigenvalue weighted by Gasteiger charge is 2.24. The van der Waals surface area contributed by atoms with E-state index in [4.69, 9.17) is 0 Å². The molecule has 2 rings (SSSR count). The van der Waals surface area contributed by atoms with Crippen LogP contribution in [0.5, 0.6) is 0 Å². The van der Waals surface area contributed by atoms with E-state index >= 15 is 0 Å². The van der Waals surface area contributed by atoms with Crippen LogP contribution in [-0.4, -0.2) is 13.0 Å². The number of nitrogens with zero attached hydrogens (tertiary/aromatic N) is 1. The second-order valence-corrected chi connectivity index (χ2v) is 5.93. The minimum Gasteiger partial charge on any atom is -0.282 e. The van der Waals surface area contributed by atoms with E-state index in [2.05, 4.69) is 0 Å². The average molecular weight is 278 g/mol. The summed E-state index contributed by atoms with van der Waals surface area (Å²) in [7, 11) is -4.22. The highest BCUT2D eigenvalue weighted by Crippen LogP contribution is 2.26. The molecule has 0 saturated carbocycles. The standard InChI is InChI=1S/C14H15NO3S/c1-10-9-11(2)14(19(16,17)18)12(3)13(10)15-7-5-4-6-8-15/h4-9H,1-3H3/p+1. The van der Waals surface area contributed by atoms with Crippen LogP contribution in [0.25, 0.3) is 5.69 Å². The third-order valence-corrected chi connectivity index (χ3v) is 4.24. The first kappa shape index (κ1) is 13.7. The Balaban J connectivity index is 2.84. The van der Waals surface area contributed by atoms with E-state index in [1.807, 2.05) is 42.1 Å². The molecule has 1 N–H and O–H groups in total. The monoisotopic (exact) mass is 278 g/mol. The molecule has 0 unspecified atom stereocenters. The van der Waals surface area contributed by atoms with Gasteiger partial charge in [-0.3, -0.25) is 4.55 Å². The summed E-state index contributed by atoms with van der Waals surface area (Å²) in [4.78, 5) is -0.00977. The van der Waals surface area contributed by atoms with Crippen molar-refractivity contribution >= 4 is 10.1 Å². The number of aryl methyl sites for hydroxylation is 2. The van der Waals surface area contributed by atoms with E-state index in [1.165, 1.54) is 0 Å². The van der Waals surface area contributed by atoms with Crippen LogP contribution in [0.4, 0.5) is 0 Å². The van der Waals surface area contributed by atoms with Crippen molar-refractivity contribution in [1.29, 1.82) is 0 Å². The Hall–Kier alpha value is -1.72. The maximum atomic E-state index is 11.5. The quantitative estimate of drug-likeness (QED) is 0.676. The molecule has 1 aromatic carbocycles. The second kappa shape index (κ2) is 4.75. The van der Waals surface area contributed by atoms with Crippen molar-refractivity contribution in [3.05, 3.63) is 53.3 Å². The van der Waals surface area contributed by atoms with E-state index in [9.17, 15) is 13.0 Å². The predicted molar refractivity (Wildman–Crippen MR) is 72.0 cm³/mol. The fourth-order valence-corrected chi connectivity index (χ4v) is 3.45. The average Bonchev–Trinajstić information content (AvgIpc) is 2.27. The van der Waals surface area contributed by atoms with Crippen molar-refractivity contribution in [2.24, 2.45) is 0 Å². The molecule has 1 heterocycles. The highest BCUT2D eigenvalue weighted by molar-refractivity contribution is 7.86. The summed E-state index contributed by atoms with van der Waals surface area (Å²) in [6.07, 6.45) is 3.69. The molecule has 0 aliphatic rings. The van der Waals surface area contributed by atoms with Crippen molar-refractivity contribution < 1.29 is 17.5 Å². The molecule has 0 aliphatic heterocycles. The Kier molecular flexibility index (Phi) is 3.43. The van der Waals surface area contributed by atoms with Crippen molar-refractivity contribution in [3.8, 4) is 5.69 Å². The molecule has 2 aromatic rings. The number of benzene rings is 1. The molecule has 1 aromatic heterocycles. The molecular weight excluding hydrogens is 262 g/mol. The lowest BCUT2D eigenvalue weighted by atomic mass is 10.0. The molecule has 0 spiro atoms. The lowest BCUT2D eigenvalue weighted by Gasteiger charge is -2.11. The van der Waals surface area contributed by atoms with Crippen LogP contribution in [0.3, 0.4) is 0 Å². The van der Waals surface area contributed by atoms with Crippen LogP contribution in [0, 0.1) is 20.8 Å². The third kappa shape index (κ3) is 2.52. The molecule has 19 heavy (non-hydrogen) atoms. The van der Waals surface area contributed by atoms with Crippen LogP contribution in [-0.2, 0) is 10.1 Å². The van der Waals surface area contributed by atoms with E-state index in [-0.39, 0.29) is 4.90 Å². The van der Waals surface area contributed by atoms with Crippen molar-refractivity contribution in [2.75, 3.05) is 0 Å². The van der Waals surface area contributed by atoms with Crippen LogP contribution in [0.2, 0.25) is 0 Å². The fourth-order valence-electron chi connectivity index (χ4n) is 2.50. The summed E-state index contributed by atoms with van der Waals surface area (Å²) >= 11 is 0. The zero-order valence-electron chi connectivity index (χ0n) is 11.1. The normalized spacial score (nSPS) is 11.6. The van der Waals surface area contributed by atoms with Crippen LogP contribution in [0.15, 0.2) is 41.6 Å². The first-order valence-corrected chi connectivity index (χ1v) is 7.31. The summed E-state index contributed by atoms with van der Waals surface area (Å²) < 4.78 is 34.3. The van der Waals surface area contributed by atoms with Gasteiger partial charge in [-0.1, -0.05) is 6.07 Å². The van der Waals surface area contributed by atoms with Crippen LogP contribution in [0.1, 0.15) is 16.7 Å². The molecule has 0 radical (unpaired) electrons. The largest absolute Gasteiger partial charge is 0.295 e. The smallest absolute Gasteiger partial charge is 0.282 e. The lowest BCUT2D eigenvalue weighted by Crippen LogP contribution is -2.32. The zero-order chi connectivity index (χ0) is 14.2. The first-order chi connectivity index (χ1) is 8.82. The van der Waals surface area contributed by atoms with Crippen molar-refractivity contribution in [1.82, 2.24) is 0 Å². The van der Waals surface area contributed by atoms with Gasteiger partial charge in [0.1, 0.15) is 4.90 Å². The predicted octanol–water partition coefficient (Wildman–Crippen LogP) is 2.14. The topological polar surface area (TPSA) is 58.3 Å². The highest BCUT2D eigenvalue weighted by atomic mass is 32.2. The fraction of sp³-hybridized carbons (Fsp3) is 0.214. The number of rotatable bonds is 2. The maximum absolute atomic E-state index is 11.5. The van der Waals surface area contributed by atoms with E-state index in [0.717, 1.165) is 11.3 Å². The first-order valence-electron chi connectivity index (χ1n) is 5.87. The molecule has 0 aliphatic carbocycles. The Morgan fingerprint density at radius 2 is 1.58 bits per heavy atom. The van der Waals surface area contributed by atoms with Gasteiger partial charge >= 0.3 is 0 Å². The molecule has 0 atom stereocenters. The minimum absolute atomic E-state index is 0.00977. The van der Waals surface area contributed by atoms with Gasteiger partial charge in [0, 0.05) is 23.3 Å². The summed E-state index contributed by atoms with van der Waals surface area (Å²) in [6, 6.07) is 7.39. The van der Waals surface area contributed by atoms with Crippen molar-refractivity contribution in [3.63, 3.8) is 0 Å². The number of hydrogen-bond acceptors (Lipinski definition) is 2. The van der Waals surface area contributed by atoms with Gasteiger partial charge in [0.05, 0.1) is 0 Å². The third-order valence-electron chi connectivity index (χ3n) is 3.09. The van der Waals surface area contributed by atoms with Gasteiger partial charge in [0.2, 0.25) is 5.69 Å². The minimum atomic E-state index is -4.22. The molecule has 0 amide bonds. The molecule has 0 saturated heterocycles. The Labute approximate surface area is 113 Å². The Morgan fingerprint density at radius 1 is 1.00 bits per heavy atom.